The number of benzene rings is 3. The van der Waals surface area contributed by atoms with Crippen molar-refractivity contribution in [1.82, 2.24) is 0 Å². The molecular weight excluding hydrogens is 540 g/mol. The fourth-order valence-corrected chi connectivity index (χ4v) is 6.29. The number of fused-ring (bicyclic) bond motifs is 1. The van der Waals surface area contributed by atoms with Crippen molar-refractivity contribution in [2.75, 3.05) is 10.7 Å². The average molecular weight is 569 g/mol. The third-order valence-corrected chi connectivity index (χ3v) is 8.63. The maximum atomic E-state index is 12.9. The number of carbonyl (C=O) groups is 2. The number of hydrogen-bond acceptors (Lipinski definition) is 7. The Morgan fingerprint density at radius 1 is 0.854 bits per heavy atom. The molecule has 0 unspecified atom stereocenters. The van der Waals surface area contributed by atoms with Crippen molar-refractivity contribution in [1.29, 1.82) is 0 Å². The van der Waals surface area contributed by atoms with Crippen molar-refractivity contribution in [3.05, 3.63) is 130 Å². The van der Waals surface area contributed by atoms with Crippen LogP contribution >= 0.6 is 11.8 Å². The van der Waals surface area contributed by atoms with Gasteiger partial charge in [0, 0.05) is 29.4 Å². The summed E-state index contributed by atoms with van der Waals surface area (Å²) in [5.41, 5.74) is 3.76. The van der Waals surface area contributed by atoms with Gasteiger partial charge in [-0.1, -0.05) is 67.2 Å². The topological polar surface area (TPSA) is 103 Å². The maximum absolute atomic E-state index is 12.9. The molecule has 1 saturated heterocycles. The number of thioether (sulfide) groups is 1. The van der Waals surface area contributed by atoms with E-state index in [0.717, 1.165) is 21.4 Å². The fraction of sp³-hybridized carbons (Fsp3) is 0.219. The molecule has 8 nitrogen and oxygen atoms in total. The van der Waals surface area contributed by atoms with Gasteiger partial charge in [-0.3, -0.25) is 9.59 Å². The van der Waals surface area contributed by atoms with E-state index in [1.165, 1.54) is 22.9 Å². The lowest BCUT2D eigenvalue weighted by atomic mass is 9.91. The zero-order valence-electron chi connectivity index (χ0n) is 22.3. The van der Waals surface area contributed by atoms with E-state index in [0.29, 0.717) is 27.6 Å². The summed E-state index contributed by atoms with van der Waals surface area (Å²) < 4.78 is 13.8. The maximum Gasteiger partial charge on any atom is 0.266 e. The van der Waals surface area contributed by atoms with Crippen LogP contribution in [0.25, 0.3) is 0 Å². The van der Waals surface area contributed by atoms with Gasteiger partial charge in [0.15, 0.2) is 12.5 Å². The molecule has 3 aromatic carbocycles. The predicted octanol–water partition coefficient (Wildman–Crippen LogP) is 5.20. The molecule has 0 aliphatic carbocycles. The van der Waals surface area contributed by atoms with E-state index in [1.807, 2.05) is 30.3 Å². The minimum atomic E-state index is -0.717. The van der Waals surface area contributed by atoms with Crippen LogP contribution in [-0.2, 0) is 16.1 Å². The van der Waals surface area contributed by atoms with E-state index in [1.54, 1.807) is 60.7 Å². The molecule has 2 amide bonds. The minimum absolute atomic E-state index is 0.0415. The summed E-state index contributed by atoms with van der Waals surface area (Å²) >= 11 is 1.43. The molecule has 0 radical (unpaired) electrons. The van der Waals surface area contributed by atoms with Crippen LogP contribution in [-0.4, -0.2) is 28.8 Å². The van der Waals surface area contributed by atoms with Crippen LogP contribution < -0.4 is 9.63 Å². The molecule has 0 spiro atoms. The van der Waals surface area contributed by atoms with Crippen LogP contribution in [0.1, 0.15) is 56.7 Å². The van der Waals surface area contributed by atoms with Crippen molar-refractivity contribution in [2.45, 2.75) is 37.1 Å². The summed E-state index contributed by atoms with van der Waals surface area (Å²) in [5.74, 6) is -0.208. The van der Waals surface area contributed by atoms with E-state index in [4.69, 9.17) is 9.47 Å². The lowest BCUT2D eigenvalue weighted by Crippen LogP contribution is -2.39. The number of hydrogen-bond donors (Lipinski definition) is 1. The monoisotopic (exact) mass is 568 g/mol. The van der Waals surface area contributed by atoms with Crippen LogP contribution in [0, 0.1) is 11.1 Å². The molecule has 1 aromatic heterocycles. The highest BCUT2D eigenvalue weighted by Gasteiger charge is 2.39. The number of imide groups is 1. The minimum Gasteiger partial charge on any atom is -0.618 e. The Morgan fingerprint density at radius 3 is 2.12 bits per heavy atom. The number of nitrogens with zero attached hydrogens (tertiary/aromatic N) is 2. The Balaban J connectivity index is 1.26. The molecular formula is C32H28N2O6S. The van der Waals surface area contributed by atoms with Gasteiger partial charge in [0.2, 0.25) is 0 Å². The van der Waals surface area contributed by atoms with Gasteiger partial charge in [0.25, 0.3) is 16.8 Å². The zero-order valence-corrected chi connectivity index (χ0v) is 23.1. The summed E-state index contributed by atoms with van der Waals surface area (Å²) in [4.78, 5) is 27.1. The smallest absolute Gasteiger partial charge is 0.266 e. The number of ether oxygens (including phenoxy) is 2. The van der Waals surface area contributed by atoms with Crippen LogP contribution in [0.3, 0.4) is 0 Å². The Kier molecular flexibility index (Phi) is 7.59. The van der Waals surface area contributed by atoms with Crippen LogP contribution in [0.2, 0.25) is 0 Å². The summed E-state index contributed by atoms with van der Waals surface area (Å²) in [6, 6.07) is 26.8. The second kappa shape index (κ2) is 11.5. The first-order valence-electron chi connectivity index (χ1n) is 13.3. The van der Waals surface area contributed by atoms with E-state index in [-0.39, 0.29) is 36.5 Å². The second-order valence-electron chi connectivity index (χ2n) is 10.1. The normalized spacial score (nSPS) is 22.1. The molecule has 2 aliphatic heterocycles. The van der Waals surface area contributed by atoms with Gasteiger partial charge in [-0.2, -0.15) is 4.73 Å². The molecule has 0 bridgehead atoms. The molecule has 2 aliphatic rings. The number of aromatic nitrogens is 1. The number of amides is 2. The van der Waals surface area contributed by atoms with Crippen LogP contribution in [0.15, 0.2) is 102 Å². The Morgan fingerprint density at radius 2 is 1.49 bits per heavy atom. The quantitative estimate of drug-likeness (QED) is 0.142. The van der Waals surface area contributed by atoms with Crippen molar-refractivity contribution in [3.63, 3.8) is 0 Å². The third-order valence-electron chi connectivity index (χ3n) is 7.52. The Labute approximate surface area is 241 Å². The number of aliphatic hydroxyl groups excluding tert-OH is 1. The average Bonchev–Trinajstić information content (AvgIpc) is 3.27. The Hall–Kier alpha value is -4.02. The molecule has 1 fully saturated rings. The first kappa shape index (κ1) is 27.2. The summed E-state index contributed by atoms with van der Waals surface area (Å²) in [6.07, 6.45) is 0.196. The van der Waals surface area contributed by atoms with Crippen molar-refractivity contribution < 1.29 is 28.9 Å². The van der Waals surface area contributed by atoms with Gasteiger partial charge in [-0.15, -0.1) is 0 Å². The van der Waals surface area contributed by atoms with Gasteiger partial charge in [-0.05, 0) is 41.5 Å². The van der Waals surface area contributed by atoms with Gasteiger partial charge in [-0.25, -0.2) is 4.90 Å². The van der Waals surface area contributed by atoms with Gasteiger partial charge < -0.3 is 19.8 Å². The summed E-state index contributed by atoms with van der Waals surface area (Å²) in [5, 5.41) is 22.3. The highest BCUT2D eigenvalue weighted by Crippen LogP contribution is 2.43. The molecule has 4 atom stereocenters. The van der Waals surface area contributed by atoms with Crippen LogP contribution in [0.5, 0.6) is 0 Å². The second-order valence-corrected chi connectivity index (χ2v) is 11.1. The first-order valence-corrected chi connectivity index (χ1v) is 14.3. The molecule has 208 valence electrons. The number of carbonyl (C=O) groups excluding carboxylic acids is 2. The molecule has 41 heavy (non-hydrogen) atoms. The molecule has 1 N–H and O–H groups in total. The van der Waals surface area contributed by atoms with Crippen molar-refractivity contribution >= 4 is 29.3 Å². The summed E-state index contributed by atoms with van der Waals surface area (Å²) in [6.45, 7) is 2.02. The van der Waals surface area contributed by atoms with E-state index in [9.17, 15) is 19.9 Å². The Bertz CT molecular complexity index is 1540. The van der Waals surface area contributed by atoms with Gasteiger partial charge >= 0.3 is 0 Å². The van der Waals surface area contributed by atoms with Crippen molar-refractivity contribution in [3.8, 4) is 0 Å². The number of rotatable bonds is 7. The number of aliphatic hydroxyl groups is 1. The van der Waals surface area contributed by atoms with Crippen molar-refractivity contribution in [2.24, 2.45) is 5.92 Å². The first-order chi connectivity index (χ1) is 19.9. The third kappa shape index (κ3) is 5.25. The summed E-state index contributed by atoms with van der Waals surface area (Å²) in [7, 11) is 0. The number of anilines is 1. The lowest BCUT2D eigenvalue weighted by Gasteiger charge is -2.41. The molecule has 6 rings (SSSR count). The van der Waals surface area contributed by atoms with E-state index >= 15 is 0 Å². The molecule has 3 heterocycles. The lowest BCUT2D eigenvalue weighted by molar-refractivity contribution is -0.645. The van der Waals surface area contributed by atoms with Crippen LogP contribution in [0.4, 0.5) is 5.69 Å². The molecule has 0 saturated carbocycles. The SMILES string of the molecule is C[C@H]1[C@@H](CSc2cccc[n+]2[O-])O[C@@H](c2ccc(N3C(=O)c4ccccc4C3=O)cc2)O[C@H]1c1ccc(CO)cc1. The fourth-order valence-electron chi connectivity index (χ4n) is 5.21. The predicted molar refractivity (Wildman–Crippen MR) is 153 cm³/mol. The highest BCUT2D eigenvalue weighted by atomic mass is 32.2. The molecule has 4 aromatic rings. The number of pyridine rings is 1. The van der Waals surface area contributed by atoms with E-state index < -0.39 is 6.29 Å². The van der Waals surface area contributed by atoms with Gasteiger partial charge in [0.1, 0.15) is 0 Å². The largest absolute Gasteiger partial charge is 0.618 e. The highest BCUT2D eigenvalue weighted by molar-refractivity contribution is 7.99. The van der Waals surface area contributed by atoms with Gasteiger partial charge in [0.05, 0.1) is 35.6 Å². The standard InChI is InChI=1S/C32H28N2O6S/c1-20-27(19-41-28-8-4-5-17-33(28)38)39-32(40-29(20)22-11-9-21(18-35)10-12-22)23-13-15-24(16-14-23)34-30(36)25-6-2-3-7-26(25)31(34)37/h2-17,20,27,29,32,35H,18-19H2,1H3/t20-,27+,29+,32+/m0/s1. The van der Waals surface area contributed by atoms with E-state index in [2.05, 4.69) is 6.92 Å². The molecule has 9 heteroatoms. The zero-order chi connectivity index (χ0) is 28.5.